The van der Waals surface area contributed by atoms with E-state index >= 15 is 0 Å². The summed E-state index contributed by atoms with van der Waals surface area (Å²) in [6, 6.07) is 5.34. The Bertz CT molecular complexity index is 1210. The van der Waals surface area contributed by atoms with E-state index in [1.807, 2.05) is 34.6 Å². The summed E-state index contributed by atoms with van der Waals surface area (Å²) in [4.78, 5) is 41.7. The predicted octanol–water partition coefficient (Wildman–Crippen LogP) is 3.68. The molecule has 10 heteroatoms. The molecule has 4 N–H and O–H groups in total. The molecule has 3 rings (SSSR count). The lowest BCUT2D eigenvalue weighted by molar-refractivity contribution is -0.125. The Morgan fingerprint density at radius 2 is 2.00 bits per heavy atom. The molecule has 0 radical (unpaired) electrons. The van der Waals surface area contributed by atoms with E-state index in [2.05, 4.69) is 27.0 Å². The first-order valence-electron chi connectivity index (χ1n) is 11.9. The van der Waals surface area contributed by atoms with Gasteiger partial charge in [0, 0.05) is 16.8 Å². The van der Waals surface area contributed by atoms with Crippen LogP contribution in [-0.4, -0.2) is 47.4 Å². The number of nitriles is 1. The molecule has 0 saturated carbocycles. The highest BCUT2D eigenvalue weighted by atomic mass is 35.5. The second-order valence-corrected chi connectivity index (χ2v) is 11.6. The van der Waals surface area contributed by atoms with Crippen molar-refractivity contribution in [2.45, 2.75) is 71.5 Å². The fourth-order valence-electron chi connectivity index (χ4n) is 4.60. The zero-order valence-corrected chi connectivity index (χ0v) is 22.3. The van der Waals surface area contributed by atoms with E-state index in [1.54, 1.807) is 18.2 Å². The maximum atomic E-state index is 13.2. The van der Waals surface area contributed by atoms with Gasteiger partial charge in [0.1, 0.15) is 23.5 Å². The minimum Gasteiger partial charge on any atom is -0.496 e. The van der Waals surface area contributed by atoms with Gasteiger partial charge in [-0.1, -0.05) is 32.4 Å². The van der Waals surface area contributed by atoms with Crippen LogP contribution in [0.2, 0.25) is 5.02 Å². The summed E-state index contributed by atoms with van der Waals surface area (Å²) in [5.41, 5.74) is 0.143. The van der Waals surface area contributed by atoms with Gasteiger partial charge in [-0.15, -0.1) is 0 Å². The SMILES string of the molecule is COc1ccc(Cl)c2[nH]c(C(=O)N[C@@H](CC(C)(C)C)C(=O)N[C@H](C#N)C[C@@H]3CC(C)(C)NC3=O)cc12. The number of aromatic amines is 1. The van der Waals surface area contributed by atoms with Gasteiger partial charge >= 0.3 is 0 Å². The van der Waals surface area contributed by atoms with Crippen molar-refractivity contribution in [1.29, 1.82) is 5.26 Å². The largest absolute Gasteiger partial charge is 0.496 e. The van der Waals surface area contributed by atoms with Crippen molar-refractivity contribution >= 4 is 40.2 Å². The highest BCUT2D eigenvalue weighted by Crippen LogP contribution is 2.32. The van der Waals surface area contributed by atoms with Gasteiger partial charge in [0.05, 0.1) is 23.7 Å². The molecule has 1 saturated heterocycles. The molecule has 1 aromatic heterocycles. The van der Waals surface area contributed by atoms with Crippen molar-refractivity contribution < 1.29 is 19.1 Å². The Balaban J connectivity index is 1.77. The second kappa shape index (κ2) is 10.4. The van der Waals surface area contributed by atoms with Crippen molar-refractivity contribution in [3.63, 3.8) is 0 Å². The van der Waals surface area contributed by atoms with Crippen molar-refractivity contribution in [3.05, 3.63) is 28.9 Å². The molecule has 2 heterocycles. The van der Waals surface area contributed by atoms with E-state index in [4.69, 9.17) is 16.3 Å². The summed E-state index contributed by atoms with van der Waals surface area (Å²) < 4.78 is 5.36. The lowest BCUT2D eigenvalue weighted by Crippen LogP contribution is -2.51. The Kier molecular flexibility index (Phi) is 7.89. The van der Waals surface area contributed by atoms with Crippen molar-refractivity contribution in [3.8, 4) is 11.8 Å². The van der Waals surface area contributed by atoms with E-state index < -0.39 is 23.9 Å². The van der Waals surface area contributed by atoms with Gasteiger partial charge in [-0.05, 0) is 56.7 Å². The summed E-state index contributed by atoms with van der Waals surface area (Å²) in [5, 5.41) is 19.2. The number of nitrogens with zero attached hydrogens (tertiary/aromatic N) is 1. The van der Waals surface area contributed by atoms with E-state index in [-0.39, 0.29) is 34.9 Å². The van der Waals surface area contributed by atoms with Crippen LogP contribution < -0.4 is 20.7 Å². The monoisotopic (exact) mass is 515 g/mol. The Morgan fingerprint density at radius 1 is 1.31 bits per heavy atom. The number of H-pyrrole nitrogens is 1. The molecule has 3 atom stereocenters. The van der Waals surface area contributed by atoms with Crippen LogP contribution in [0.15, 0.2) is 18.2 Å². The number of rotatable bonds is 8. The number of carbonyl (C=O) groups excluding carboxylic acids is 3. The van der Waals surface area contributed by atoms with Crippen LogP contribution in [0.1, 0.15) is 64.4 Å². The average Bonchev–Trinajstić information content (AvgIpc) is 3.33. The van der Waals surface area contributed by atoms with Crippen LogP contribution in [0.25, 0.3) is 10.9 Å². The Hall–Kier alpha value is -3.25. The number of nitrogens with one attached hydrogen (secondary N) is 4. The number of hydrogen-bond acceptors (Lipinski definition) is 5. The van der Waals surface area contributed by atoms with Crippen molar-refractivity contribution in [2.24, 2.45) is 11.3 Å². The molecule has 36 heavy (non-hydrogen) atoms. The van der Waals surface area contributed by atoms with Crippen LogP contribution >= 0.6 is 11.6 Å². The smallest absolute Gasteiger partial charge is 0.268 e. The molecule has 0 bridgehead atoms. The van der Waals surface area contributed by atoms with Gasteiger partial charge in [0.2, 0.25) is 11.8 Å². The zero-order chi connectivity index (χ0) is 26.8. The van der Waals surface area contributed by atoms with Crippen LogP contribution in [0.4, 0.5) is 0 Å². The molecule has 2 aromatic rings. The number of fused-ring (bicyclic) bond motifs is 1. The van der Waals surface area contributed by atoms with Crippen LogP contribution in [0.5, 0.6) is 5.75 Å². The third-order valence-electron chi connectivity index (χ3n) is 6.19. The molecule has 1 aliphatic rings. The zero-order valence-electron chi connectivity index (χ0n) is 21.5. The molecule has 3 amide bonds. The maximum Gasteiger partial charge on any atom is 0.268 e. The Labute approximate surface area is 216 Å². The normalized spacial score (nSPS) is 18.7. The van der Waals surface area contributed by atoms with E-state index in [0.717, 1.165) is 0 Å². The highest BCUT2D eigenvalue weighted by Gasteiger charge is 2.39. The third-order valence-corrected chi connectivity index (χ3v) is 6.50. The first-order chi connectivity index (χ1) is 16.7. The minimum absolute atomic E-state index is 0.123. The number of methoxy groups -OCH3 is 1. The minimum atomic E-state index is -0.897. The first kappa shape index (κ1) is 27.3. The number of aromatic nitrogens is 1. The van der Waals surface area contributed by atoms with Crippen molar-refractivity contribution in [2.75, 3.05) is 7.11 Å². The van der Waals surface area contributed by atoms with Gasteiger partial charge < -0.3 is 25.7 Å². The van der Waals surface area contributed by atoms with Crippen LogP contribution in [0, 0.1) is 22.7 Å². The van der Waals surface area contributed by atoms with Crippen molar-refractivity contribution in [1.82, 2.24) is 20.9 Å². The molecule has 1 aromatic carbocycles. The molecule has 0 spiro atoms. The molecule has 0 aliphatic carbocycles. The van der Waals surface area contributed by atoms with E-state index in [1.165, 1.54) is 7.11 Å². The summed E-state index contributed by atoms with van der Waals surface area (Å²) >= 11 is 6.28. The fourth-order valence-corrected chi connectivity index (χ4v) is 4.82. The molecule has 1 fully saturated rings. The Morgan fingerprint density at radius 3 is 2.56 bits per heavy atom. The molecule has 1 aliphatic heterocycles. The van der Waals surface area contributed by atoms with Gasteiger partial charge in [0.15, 0.2) is 0 Å². The quantitative estimate of drug-likeness (QED) is 0.425. The number of carbonyl (C=O) groups is 3. The van der Waals surface area contributed by atoms with Crippen LogP contribution in [0.3, 0.4) is 0 Å². The lowest BCUT2D eigenvalue weighted by Gasteiger charge is -2.27. The summed E-state index contributed by atoms with van der Waals surface area (Å²) in [7, 11) is 1.53. The van der Waals surface area contributed by atoms with Crippen LogP contribution in [-0.2, 0) is 9.59 Å². The average molecular weight is 516 g/mol. The predicted molar refractivity (Wildman–Crippen MR) is 138 cm³/mol. The van der Waals surface area contributed by atoms with E-state index in [0.29, 0.717) is 34.5 Å². The maximum absolute atomic E-state index is 13.2. The number of benzene rings is 1. The summed E-state index contributed by atoms with van der Waals surface area (Å²) in [6.07, 6.45) is 1.12. The molecule has 9 nitrogen and oxygen atoms in total. The molecular formula is C26H34ClN5O4. The van der Waals surface area contributed by atoms with Gasteiger partial charge in [-0.25, -0.2) is 0 Å². The number of hydrogen-bond donors (Lipinski definition) is 4. The van der Waals surface area contributed by atoms with Gasteiger partial charge in [-0.2, -0.15) is 5.26 Å². The number of amides is 3. The molecule has 0 unspecified atom stereocenters. The molecule has 194 valence electrons. The molecular weight excluding hydrogens is 482 g/mol. The van der Waals surface area contributed by atoms with E-state index in [9.17, 15) is 19.6 Å². The lowest BCUT2D eigenvalue weighted by atomic mass is 9.87. The first-order valence-corrected chi connectivity index (χ1v) is 12.3. The topological polar surface area (TPSA) is 136 Å². The highest BCUT2D eigenvalue weighted by molar-refractivity contribution is 6.35. The fraction of sp³-hybridized carbons (Fsp3) is 0.538. The summed E-state index contributed by atoms with van der Waals surface area (Å²) in [6.45, 7) is 9.72. The third kappa shape index (κ3) is 6.49. The standard InChI is InChI=1S/C26H34ClN5O4/c1-25(2,3)12-19(24(35)29-15(13-28)9-14-11-26(4,5)32-22(14)33)31-23(34)18-10-16-20(36-6)8-7-17(27)21(16)30-18/h7-8,10,14-15,19,30H,9,11-12H2,1-6H3,(H,29,35)(H,31,34)(H,32,33)/t14-,15+,19+/m1/s1. The van der Waals surface area contributed by atoms with Gasteiger partial charge in [0.25, 0.3) is 5.91 Å². The van der Waals surface area contributed by atoms with Gasteiger partial charge in [-0.3, -0.25) is 14.4 Å². The summed E-state index contributed by atoms with van der Waals surface area (Å²) in [5.74, 6) is -0.897. The number of halogens is 1. The number of ether oxygens (including phenoxy) is 1. The second-order valence-electron chi connectivity index (χ2n) is 11.2.